The van der Waals surface area contributed by atoms with Gasteiger partial charge in [0.15, 0.2) is 0 Å². The average Bonchev–Trinajstić information content (AvgIpc) is 2.75. The Labute approximate surface area is 189 Å². The van der Waals surface area contributed by atoms with Gasteiger partial charge in [-0.15, -0.1) is 0 Å². The predicted octanol–water partition coefficient (Wildman–Crippen LogP) is 5.64. The van der Waals surface area contributed by atoms with Gasteiger partial charge >= 0.3 is 12.1 Å². The van der Waals surface area contributed by atoms with E-state index in [1.165, 1.54) is 7.11 Å². The smallest absolute Gasteiger partial charge is 0.410 e. The lowest BCUT2D eigenvalue weighted by molar-refractivity contribution is -0.136. The van der Waals surface area contributed by atoms with Crippen molar-refractivity contribution in [1.82, 2.24) is 4.90 Å². The van der Waals surface area contributed by atoms with E-state index in [1.807, 2.05) is 42.5 Å². The number of benzene rings is 3. The number of ether oxygens (including phenoxy) is 2. The van der Waals surface area contributed by atoms with Gasteiger partial charge in [-0.3, -0.25) is 9.69 Å². The Kier molecular flexibility index (Phi) is 7.67. The largest absolute Gasteiger partial charge is 0.481 e. The van der Waals surface area contributed by atoms with Crippen LogP contribution in [0.3, 0.4) is 0 Å². The third-order valence-electron chi connectivity index (χ3n) is 4.51. The Morgan fingerprint density at radius 3 is 2.39 bits per heavy atom. The number of hydrogen-bond donors (Lipinski definition) is 1. The molecule has 3 rings (SSSR count). The van der Waals surface area contributed by atoms with Crippen LogP contribution in [0.4, 0.5) is 4.79 Å². The zero-order valence-electron chi connectivity index (χ0n) is 17.0. The van der Waals surface area contributed by atoms with Gasteiger partial charge in [-0.05, 0) is 41.5 Å². The maximum atomic E-state index is 12.4. The molecule has 0 saturated carbocycles. The zero-order valence-corrected chi connectivity index (χ0v) is 18.5. The van der Waals surface area contributed by atoms with Crippen LogP contribution in [-0.2, 0) is 29.0 Å². The highest BCUT2D eigenvalue weighted by Crippen LogP contribution is 2.30. The first-order valence-electron chi connectivity index (χ1n) is 9.58. The van der Waals surface area contributed by atoms with Crippen molar-refractivity contribution in [3.63, 3.8) is 0 Å². The van der Waals surface area contributed by atoms with Crippen LogP contribution < -0.4 is 4.74 Å². The molecule has 0 spiro atoms. The van der Waals surface area contributed by atoms with Crippen molar-refractivity contribution >= 4 is 28.0 Å². The highest BCUT2D eigenvalue weighted by atomic mass is 79.9. The molecule has 1 amide bonds. The van der Waals surface area contributed by atoms with E-state index in [1.54, 1.807) is 35.2 Å². The number of methoxy groups -OCH3 is 1. The molecule has 6 nitrogen and oxygen atoms in total. The van der Waals surface area contributed by atoms with Crippen LogP contribution in [0.1, 0.15) is 16.7 Å². The Morgan fingerprint density at radius 1 is 0.935 bits per heavy atom. The molecule has 0 aliphatic carbocycles. The average molecular weight is 484 g/mol. The lowest BCUT2D eigenvalue weighted by atomic mass is 10.1. The maximum Gasteiger partial charge on any atom is 0.410 e. The van der Waals surface area contributed by atoms with E-state index < -0.39 is 12.1 Å². The van der Waals surface area contributed by atoms with Crippen LogP contribution in [0.2, 0.25) is 0 Å². The number of carboxylic acid groups (broad SMARTS) is 1. The normalized spacial score (nSPS) is 10.4. The number of hydrogen-bond acceptors (Lipinski definition) is 4. The second kappa shape index (κ2) is 10.6. The van der Waals surface area contributed by atoms with Gasteiger partial charge in [0, 0.05) is 16.6 Å². The van der Waals surface area contributed by atoms with E-state index in [4.69, 9.17) is 14.6 Å². The highest BCUT2D eigenvalue weighted by molar-refractivity contribution is 9.10. The molecule has 0 aromatic heterocycles. The number of carbonyl (C=O) groups is 2. The molecule has 0 aliphatic heterocycles. The van der Waals surface area contributed by atoms with Crippen molar-refractivity contribution in [2.75, 3.05) is 7.11 Å². The standard InChI is InChI=1S/C24H22BrNO5/c1-30-24(29)26(15-17-6-3-2-4-7-17)16-19-14-20(25)10-11-22(19)31-21-9-5-8-18(12-21)13-23(27)28/h2-12,14H,13,15-16H2,1H3,(H,27,28). The molecule has 31 heavy (non-hydrogen) atoms. The molecular weight excluding hydrogens is 462 g/mol. The van der Waals surface area contributed by atoms with Gasteiger partial charge in [0.25, 0.3) is 0 Å². The first-order valence-corrected chi connectivity index (χ1v) is 10.4. The number of nitrogens with zero attached hydrogens (tertiary/aromatic N) is 1. The molecule has 0 fully saturated rings. The molecular formula is C24H22BrNO5. The van der Waals surface area contributed by atoms with Gasteiger partial charge in [-0.25, -0.2) is 4.79 Å². The summed E-state index contributed by atoms with van der Waals surface area (Å²) < 4.78 is 11.9. The van der Waals surface area contributed by atoms with E-state index in [0.29, 0.717) is 23.6 Å². The number of aliphatic carboxylic acids is 1. The second-order valence-corrected chi connectivity index (χ2v) is 7.80. The van der Waals surface area contributed by atoms with Crippen LogP contribution in [0, 0.1) is 0 Å². The Bertz CT molecular complexity index is 1050. The number of carboxylic acids is 1. The van der Waals surface area contributed by atoms with Crippen LogP contribution in [0.25, 0.3) is 0 Å². The summed E-state index contributed by atoms with van der Waals surface area (Å²) in [6, 6.07) is 22.1. The first-order chi connectivity index (χ1) is 14.9. The SMILES string of the molecule is COC(=O)N(Cc1ccccc1)Cc1cc(Br)ccc1Oc1cccc(CC(=O)O)c1. The molecule has 0 saturated heterocycles. The van der Waals surface area contributed by atoms with Gasteiger partial charge in [-0.1, -0.05) is 58.4 Å². The van der Waals surface area contributed by atoms with Crippen molar-refractivity contribution in [2.45, 2.75) is 19.5 Å². The molecule has 3 aromatic rings. The zero-order chi connectivity index (χ0) is 22.2. The van der Waals surface area contributed by atoms with Gasteiger partial charge in [0.05, 0.1) is 20.1 Å². The summed E-state index contributed by atoms with van der Waals surface area (Å²) in [4.78, 5) is 25.0. The molecule has 0 heterocycles. The molecule has 0 radical (unpaired) electrons. The molecule has 0 bridgehead atoms. The van der Waals surface area contributed by atoms with E-state index in [2.05, 4.69) is 15.9 Å². The fraction of sp³-hybridized carbons (Fsp3) is 0.167. The lowest BCUT2D eigenvalue weighted by Crippen LogP contribution is -2.30. The fourth-order valence-corrected chi connectivity index (χ4v) is 3.52. The van der Waals surface area contributed by atoms with Crippen LogP contribution in [-0.4, -0.2) is 29.2 Å². The minimum absolute atomic E-state index is 0.0857. The van der Waals surface area contributed by atoms with E-state index in [0.717, 1.165) is 15.6 Å². The van der Waals surface area contributed by atoms with Crippen LogP contribution in [0.15, 0.2) is 77.3 Å². The summed E-state index contributed by atoms with van der Waals surface area (Å²) in [5.41, 5.74) is 2.40. The molecule has 160 valence electrons. The number of halogens is 1. The summed E-state index contributed by atoms with van der Waals surface area (Å²) in [7, 11) is 1.35. The fourth-order valence-electron chi connectivity index (χ4n) is 3.12. The molecule has 0 aliphatic rings. The second-order valence-electron chi connectivity index (χ2n) is 6.88. The number of carbonyl (C=O) groups excluding carboxylic acids is 1. The van der Waals surface area contributed by atoms with Gasteiger partial charge in [0.2, 0.25) is 0 Å². The van der Waals surface area contributed by atoms with E-state index >= 15 is 0 Å². The summed E-state index contributed by atoms with van der Waals surface area (Å²) in [6.45, 7) is 0.652. The minimum Gasteiger partial charge on any atom is -0.481 e. The van der Waals surface area contributed by atoms with Crippen molar-refractivity contribution < 1.29 is 24.2 Å². The van der Waals surface area contributed by atoms with Gasteiger partial charge in [-0.2, -0.15) is 0 Å². The summed E-state index contributed by atoms with van der Waals surface area (Å²) in [5.74, 6) is 0.184. The molecule has 0 unspecified atom stereocenters. The number of amides is 1. The van der Waals surface area contributed by atoms with E-state index in [-0.39, 0.29) is 13.0 Å². The molecule has 3 aromatic carbocycles. The Hall–Kier alpha value is -3.32. The summed E-state index contributed by atoms with van der Waals surface area (Å²) >= 11 is 3.48. The van der Waals surface area contributed by atoms with Gasteiger partial charge < -0.3 is 14.6 Å². The van der Waals surface area contributed by atoms with Crippen molar-refractivity contribution in [3.8, 4) is 11.5 Å². The third-order valence-corrected chi connectivity index (χ3v) is 5.01. The Balaban J connectivity index is 1.86. The number of rotatable bonds is 8. The third kappa shape index (κ3) is 6.58. The molecule has 0 atom stereocenters. The topological polar surface area (TPSA) is 76.1 Å². The van der Waals surface area contributed by atoms with Crippen molar-refractivity contribution in [2.24, 2.45) is 0 Å². The molecule has 7 heteroatoms. The van der Waals surface area contributed by atoms with Crippen molar-refractivity contribution in [1.29, 1.82) is 0 Å². The maximum absolute atomic E-state index is 12.4. The minimum atomic E-state index is -0.906. The van der Waals surface area contributed by atoms with Gasteiger partial charge in [0.1, 0.15) is 11.5 Å². The lowest BCUT2D eigenvalue weighted by Gasteiger charge is -2.23. The summed E-state index contributed by atoms with van der Waals surface area (Å²) in [6.07, 6.45) is -0.532. The quantitative estimate of drug-likeness (QED) is 0.448. The van der Waals surface area contributed by atoms with E-state index in [9.17, 15) is 9.59 Å². The highest BCUT2D eigenvalue weighted by Gasteiger charge is 2.18. The summed E-state index contributed by atoms with van der Waals surface area (Å²) in [5, 5.41) is 9.02. The van der Waals surface area contributed by atoms with Crippen molar-refractivity contribution in [3.05, 3.63) is 94.0 Å². The Morgan fingerprint density at radius 2 is 1.68 bits per heavy atom. The van der Waals surface area contributed by atoms with Crippen LogP contribution in [0.5, 0.6) is 11.5 Å². The predicted molar refractivity (Wildman–Crippen MR) is 120 cm³/mol. The monoisotopic (exact) mass is 483 g/mol. The molecule has 1 N–H and O–H groups in total. The first kappa shape index (κ1) is 22.4. The van der Waals surface area contributed by atoms with Crippen LogP contribution >= 0.6 is 15.9 Å².